The molecule has 2 aromatic carbocycles. The predicted octanol–water partition coefficient (Wildman–Crippen LogP) is 6.18. The minimum Gasteiger partial charge on any atom is -0.494 e. The van der Waals surface area contributed by atoms with Crippen molar-refractivity contribution in [1.29, 1.82) is 0 Å². The number of carbonyl (C=O) groups is 1. The van der Waals surface area contributed by atoms with Crippen LogP contribution in [-0.4, -0.2) is 17.5 Å². The quantitative estimate of drug-likeness (QED) is 0.463. The summed E-state index contributed by atoms with van der Waals surface area (Å²) in [4.78, 5) is 17.2. The van der Waals surface area contributed by atoms with Crippen LogP contribution in [0.5, 0.6) is 17.2 Å². The molecule has 0 radical (unpaired) electrons. The van der Waals surface area contributed by atoms with Crippen molar-refractivity contribution in [2.45, 2.75) is 40.0 Å². The molecule has 0 spiro atoms. The molecule has 0 atom stereocenters. The summed E-state index contributed by atoms with van der Waals surface area (Å²) in [6, 6.07) is 18.6. The predicted molar refractivity (Wildman–Crippen MR) is 120 cm³/mol. The second-order valence-electron chi connectivity index (χ2n) is 7.09. The molecule has 3 aromatic rings. The third kappa shape index (κ3) is 5.83. The van der Waals surface area contributed by atoms with Crippen LogP contribution in [0.2, 0.25) is 0 Å². The first kappa shape index (κ1) is 21.4. The van der Waals surface area contributed by atoms with Crippen molar-refractivity contribution in [2.75, 3.05) is 11.9 Å². The normalized spacial score (nSPS) is 10.5. The van der Waals surface area contributed by atoms with E-state index in [-0.39, 0.29) is 5.91 Å². The maximum atomic E-state index is 12.7. The lowest BCUT2D eigenvalue weighted by Gasteiger charge is -2.11. The molecule has 0 aliphatic heterocycles. The lowest BCUT2D eigenvalue weighted by molar-refractivity contribution is 0.102. The highest BCUT2D eigenvalue weighted by atomic mass is 16.5. The number of benzene rings is 2. The molecule has 156 valence electrons. The van der Waals surface area contributed by atoms with E-state index >= 15 is 0 Å². The minimum atomic E-state index is -0.183. The van der Waals surface area contributed by atoms with Crippen LogP contribution in [-0.2, 0) is 6.42 Å². The van der Waals surface area contributed by atoms with E-state index in [0.29, 0.717) is 29.4 Å². The Morgan fingerprint density at radius 2 is 1.70 bits per heavy atom. The second kappa shape index (κ2) is 10.4. The van der Waals surface area contributed by atoms with Gasteiger partial charge in [0.15, 0.2) is 0 Å². The largest absolute Gasteiger partial charge is 0.494 e. The van der Waals surface area contributed by atoms with Crippen molar-refractivity contribution in [2.24, 2.45) is 0 Å². The lowest BCUT2D eigenvalue weighted by atomic mass is 10.1. The van der Waals surface area contributed by atoms with Crippen LogP contribution in [0.4, 0.5) is 5.69 Å². The molecule has 0 saturated heterocycles. The van der Waals surface area contributed by atoms with Gasteiger partial charge >= 0.3 is 0 Å². The number of nitrogens with zero attached hydrogens (tertiary/aromatic N) is 1. The molecule has 3 rings (SSSR count). The fourth-order valence-corrected chi connectivity index (χ4v) is 3.04. The van der Waals surface area contributed by atoms with E-state index < -0.39 is 0 Å². The molecule has 1 N–H and O–H groups in total. The first-order valence-corrected chi connectivity index (χ1v) is 10.4. The summed E-state index contributed by atoms with van der Waals surface area (Å²) in [6.07, 6.45) is 2.91. The number of rotatable bonds is 9. The molecule has 1 aromatic heterocycles. The number of pyridine rings is 1. The van der Waals surface area contributed by atoms with Gasteiger partial charge in [0.1, 0.15) is 17.2 Å². The third-order valence-electron chi connectivity index (χ3n) is 4.52. The molecule has 5 nitrogen and oxygen atoms in total. The molecule has 0 aliphatic rings. The number of anilines is 1. The zero-order valence-electron chi connectivity index (χ0n) is 17.8. The van der Waals surface area contributed by atoms with E-state index in [1.807, 2.05) is 61.5 Å². The molecule has 30 heavy (non-hydrogen) atoms. The zero-order valence-corrected chi connectivity index (χ0v) is 17.8. The van der Waals surface area contributed by atoms with Crippen LogP contribution in [0.15, 0.2) is 60.7 Å². The highest BCUT2D eigenvalue weighted by molar-refractivity contribution is 6.05. The van der Waals surface area contributed by atoms with Crippen molar-refractivity contribution in [1.82, 2.24) is 4.98 Å². The Balaban J connectivity index is 1.66. The summed E-state index contributed by atoms with van der Waals surface area (Å²) >= 11 is 0. The molecule has 1 heterocycles. The van der Waals surface area contributed by atoms with Crippen LogP contribution in [0, 0.1) is 6.92 Å². The summed E-state index contributed by atoms with van der Waals surface area (Å²) in [6.45, 7) is 6.74. The van der Waals surface area contributed by atoms with E-state index in [2.05, 4.69) is 24.1 Å². The second-order valence-corrected chi connectivity index (χ2v) is 7.09. The Morgan fingerprint density at radius 1 is 0.933 bits per heavy atom. The van der Waals surface area contributed by atoms with Gasteiger partial charge in [-0.15, -0.1) is 0 Å². The molecule has 0 saturated carbocycles. The molecular formula is C25H28N2O3. The average Bonchev–Trinajstić information content (AvgIpc) is 2.74. The number of ether oxygens (including phenoxy) is 2. The maximum Gasteiger partial charge on any atom is 0.257 e. The zero-order chi connectivity index (χ0) is 21.3. The summed E-state index contributed by atoms with van der Waals surface area (Å²) in [5.74, 6) is 1.98. The Morgan fingerprint density at radius 3 is 2.40 bits per heavy atom. The van der Waals surface area contributed by atoms with Gasteiger partial charge in [-0.25, -0.2) is 0 Å². The summed E-state index contributed by atoms with van der Waals surface area (Å²) < 4.78 is 11.5. The fraction of sp³-hybridized carbons (Fsp3) is 0.280. The summed E-state index contributed by atoms with van der Waals surface area (Å²) in [5, 5.41) is 2.93. The Kier molecular flexibility index (Phi) is 7.44. The Bertz CT molecular complexity index is 984. The van der Waals surface area contributed by atoms with Crippen molar-refractivity contribution >= 4 is 11.6 Å². The van der Waals surface area contributed by atoms with Crippen LogP contribution in [0.1, 0.15) is 48.4 Å². The fourth-order valence-electron chi connectivity index (χ4n) is 3.04. The van der Waals surface area contributed by atoms with Crippen molar-refractivity contribution in [3.05, 3.63) is 77.6 Å². The van der Waals surface area contributed by atoms with Crippen LogP contribution in [0.25, 0.3) is 0 Å². The minimum absolute atomic E-state index is 0.183. The van der Waals surface area contributed by atoms with E-state index in [1.165, 1.54) is 0 Å². The van der Waals surface area contributed by atoms with Gasteiger partial charge in [-0.1, -0.05) is 26.3 Å². The number of hydrogen-bond acceptors (Lipinski definition) is 4. The monoisotopic (exact) mass is 404 g/mol. The standard InChI is InChI=1S/C25H28N2O3/c1-4-7-19-10-15-24(18(3)26-19)25(28)27-20-8-6-9-23(17-20)30-22-13-11-21(12-14-22)29-16-5-2/h6,8-15,17H,4-5,7,16H2,1-3H3,(H,27,28). The SMILES string of the molecule is CCCOc1ccc(Oc2cccc(NC(=O)c3ccc(CCC)nc3C)c2)cc1. The number of amides is 1. The summed E-state index contributed by atoms with van der Waals surface area (Å²) in [7, 11) is 0. The number of hydrogen-bond donors (Lipinski definition) is 1. The summed E-state index contributed by atoms with van der Waals surface area (Å²) in [5.41, 5.74) is 2.98. The van der Waals surface area contributed by atoms with Gasteiger partial charge in [-0.3, -0.25) is 9.78 Å². The first-order valence-electron chi connectivity index (χ1n) is 10.4. The molecule has 0 aliphatic carbocycles. The van der Waals surface area contributed by atoms with E-state index in [0.717, 1.165) is 36.4 Å². The lowest BCUT2D eigenvalue weighted by Crippen LogP contribution is -2.14. The van der Waals surface area contributed by atoms with Gasteiger partial charge < -0.3 is 14.8 Å². The van der Waals surface area contributed by atoms with Gasteiger partial charge in [0.05, 0.1) is 17.9 Å². The Hall–Kier alpha value is -3.34. The number of aromatic nitrogens is 1. The van der Waals surface area contributed by atoms with Crippen molar-refractivity contribution in [3.63, 3.8) is 0 Å². The molecule has 0 unspecified atom stereocenters. The van der Waals surface area contributed by atoms with Crippen molar-refractivity contribution in [3.8, 4) is 17.2 Å². The first-order chi connectivity index (χ1) is 14.6. The molecule has 1 amide bonds. The molecular weight excluding hydrogens is 376 g/mol. The van der Waals surface area contributed by atoms with Crippen LogP contribution in [0.3, 0.4) is 0 Å². The third-order valence-corrected chi connectivity index (χ3v) is 4.52. The van der Waals surface area contributed by atoms with Crippen LogP contribution >= 0.6 is 0 Å². The smallest absolute Gasteiger partial charge is 0.257 e. The highest BCUT2D eigenvalue weighted by Crippen LogP contribution is 2.26. The van der Waals surface area contributed by atoms with Gasteiger partial charge in [-0.2, -0.15) is 0 Å². The van der Waals surface area contributed by atoms with Gasteiger partial charge in [0, 0.05) is 17.4 Å². The van der Waals surface area contributed by atoms with E-state index in [1.54, 1.807) is 6.07 Å². The van der Waals surface area contributed by atoms with Crippen molar-refractivity contribution < 1.29 is 14.3 Å². The molecule has 5 heteroatoms. The van der Waals surface area contributed by atoms with Gasteiger partial charge in [0.2, 0.25) is 0 Å². The number of aryl methyl sites for hydroxylation is 2. The molecule has 0 fully saturated rings. The Labute approximate surface area is 178 Å². The van der Waals surface area contributed by atoms with Gasteiger partial charge in [-0.05, 0) is 68.3 Å². The number of carbonyl (C=O) groups excluding carboxylic acids is 1. The number of nitrogens with one attached hydrogen (secondary N) is 1. The highest BCUT2D eigenvalue weighted by Gasteiger charge is 2.11. The van der Waals surface area contributed by atoms with Crippen LogP contribution < -0.4 is 14.8 Å². The molecule has 0 bridgehead atoms. The van der Waals surface area contributed by atoms with E-state index in [9.17, 15) is 4.79 Å². The van der Waals surface area contributed by atoms with Gasteiger partial charge in [0.25, 0.3) is 5.91 Å². The average molecular weight is 405 g/mol. The topological polar surface area (TPSA) is 60.5 Å². The maximum absolute atomic E-state index is 12.7. The van der Waals surface area contributed by atoms with E-state index in [4.69, 9.17) is 9.47 Å².